The number of primary amides is 1. The third-order valence-corrected chi connectivity index (χ3v) is 5.04. The highest BCUT2D eigenvalue weighted by molar-refractivity contribution is 6.33. The van der Waals surface area contributed by atoms with Gasteiger partial charge in [0.15, 0.2) is 0 Å². The van der Waals surface area contributed by atoms with Crippen LogP contribution in [-0.4, -0.2) is 35.8 Å². The molecule has 0 saturated carbocycles. The smallest absolute Gasteiger partial charge is 0.405 e. The van der Waals surface area contributed by atoms with Crippen LogP contribution in [-0.2, 0) is 4.79 Å². The molecule has 160 valence electrons. The second kappa shape index (κ2) is 8.83. The van der Waals surface area contributed by atoms with Gasteiger partial charge in [0.2, 0.25) is 5.91 Å². The quantitative estimate of drug-likeness (QED) is 0.716. The van der Waals surface area contributed by atoms with Crippen molar-refractivity contribution in [1.29, 1.82) is 0 Å². The molecule has 3 N–H and O–H groups in total. The number of halogens is 4. The van der Waals surface area contributed by atoms with E-state index in [0.717, 1.165) is 12.8 Å². The van der Waals surface area contributed by atoms with Crippen molar-refractivity contribution in [3.63, 3.8) is 0 Å². The number of hydrogen-bond acceptors (Lipinski definition) is 3. The van der Waals surface area contributed by atoms with Crippen LogP contribution in [0.15, 0.2) is 42.5 Å². The summed E-state index contributed by atoms with van der Waals surface area (Å²) in [6, 6.07) is 8.71. The zero-order valence-electron chi connectivity index (χ0n) is 15.7. The molecule has 30 heavy (non-hydrogen) atoms. The second-order valence-corrected chi connectivity index (χ2v) is 7.18. The zero-order chi connectivity index (χ0) is 21.9. The largest absolute Gasteiger partial charge is 0.573 e. The van der Waals surface area contributed by atoms with Crippen LogP contribution in [0.5, 0.6) is 5.75 Å². The minimum absolute atomic E-state index is 0.126. The van der Waals surface area contributed by atoms with Gasteiger partial charge in [-0.15, -0.1) is 13.2 Å². The Kier molecular flexibility index (Phi) is 6.40. The molecular formula is C20H19ClF3N3O3. The Morgan fingerprint density at radius 2 is 1.87 bits per heavy atom. The lowest BCUT2D eigenvalue weighted by Crippen LogP contribution is -2.51. The number of nitrogens with one attached hydrogen (secondary N) is 1. The topological polar surface area (TPSA) is 84.7 Å². The fourth-order valence-electron chi connectivity index (χ4n) is 3.41. The van der Waals surface area contributed by atoms with Crippen molar-refractivity contribution in [2.45, 2.75) is 31.7 Å². The van der Waals surface area contributed by atoms with E-state index >= 15 is 0 Å². The van der Waals surface area contributed by atoms with Crippen molar-refractivity contribution in [2.24, 2.45) is 5.73 Å². The van der Waals surface area contributed by atoms with Crippen LogP contribution >= 0.6 is 11.6 Å². The molecule has 3 rings (SSSR count). The molecule has 1 atom stereocenters. The molecule has 2 aromatic rings. The van der Waals surface area contributed by atoms with Crippen molar-refractivity contribution >= 4 is 29.2 Å². The van der Waals surface area contributed by atoms with Crippen LogP contribution < -0.4 is 15.8 Å². The standard InChI is InChI=1S/C20H19ClF3N3O3/c21-15-11-12(26-18(28)16-6-3-4-10-27(16)19(25)29)8-9-13(15)14-5-1-2-7-17(14)30-20(22,23)24/h1-2,5,7-9,11,16H,3-4,6,10H2,(H2,25,29)(H,26,28). The van der Waals surface area contributed by atoms with E-state index < -0.39 is 24.3 Å². The first-order chi connectivity index (χ1) is 14.2. The normalized spacial score (nSPS) is 16.8. The lowest BCUT2D eigenvalue weighted by Gasteiger charge is -2.33. The summed E-state index contributed by atoms with van der Waals surface area (Å²) in [4.78, 5) is 25.5. The van der Waals surface area contributed by atoms with Gasteiger partial charge in [-0.25, -0.2) is 4.79 Å². The van der Waals surface area contributed by atoms with Crippen molar-refractivity contribution in [3.8, 4) is 16.9 Å². The molecule has 1 unspecified atom stereocenters. The summed E-state index contributed by atoms with van der Waals surface area (Å²) < 4.78 is 42.1. The predicted molar refractivity (Wildman–Crippen MR) is 106 cm³/mol. The minimum atomic E-state index is -4.84. The average Bonchev–Trinajstić information content (AvgIpc) is 2.67. The van der Waals surface area contributed by atoms with Crippen LogP contribution in [0.4, 0.5) is 23.7 Å². The van der Waals surface area contributed by atoms with Gasteiger partial charge in [-0.2, -0.15) is 0 Å². The number of benzene rings is 2. The molecule has 1 aliphatic heterocycles. The number of amides is 3. The lowest BCUT2D eigenvalue weighted by molar-refractivity contribution is -0.274. The van der Waals surface area contributed by atoms with Crippen LogP contribution in [0.1, 0.15) is 19.3 Å². The Morgan fingerprint density at radius 3 is 2.53 bits per heavy atom. The third-order valence-electron chi connectivity index (χ3n) is 4.73. The first-order valence-corrected chi connectivity index (χ1v) is 9.55. The maximum Gasteiger partial charge on any atom is 0.573 e. The fourth-order valence-corrected chi connectivity index (χ4v) is 3.69. The number of anilines is 1. The number of urea groups is 1. The molecule has 0 spiro atoms. The Balaban J connectivity index is 1.81. The van der Waals surface area contributed by atoms with Crippen LogP contribution in [0, 0.1) is 0 Å². The minimum Gasteiger partial charge on any atom is -0.405 e. The van der Waals surface area contributed by atoms with E-state index in [2.05, 4.69) is 10.1 Å². The number of rotatable bonds is 4. The molecule has 1 heterocycles. The number of carbonyl (C=O) groups is 2. The van der Waals surface area contributed by atoms with Crippen LogP contribution in [0.3, 0.4) is 0 Å². The number of ether oxygens (including phenoxy) is 1. The van der Waals surface area contributed by atoms with Gasteiger partial charge in [0.25, 0.3) is 0 Å². The Morgan fingerprint density at radius 1 is 1.13 bits per heavy atom. The number of para-hydroxylation sites is 1. The summed E-state index contributed by atoms with van der Waals surface area (Å²) in [5, 5.41) is 2.81. The highest BCUT2D eigenvalue weighted by atomic mass is 35.5. The number of nitrogens with two attached hydrogens (primary N) is 1. The van der Waals surface area contributed by atoms with Gasteiger partial charge in [0.05, 0.1) is 5.02 Å². The van der Waals surface area contributed by atoms with Gasteiger partial charge in [-0.1, -0.05) is 35.9 Å². The highest BCUT2D eigenvalue weighted by Crippen LogP contribution is 2.38. The Labute approximate surface area is 175 Å². The number of likely N-dealkylation sites (tertiary alicyclic amines) is 1. The molecule has 1 saturated heterocycles. The molecule has 3 amide bonds. The van der Waals surface area contributed by atoms with Gasteiger partial charge in [0.1, 0.15) is 11.8 Å². The summed E-state index contributed by atoms with van der Waals surface area (Å²) in [6.45, 7) is 0.406. The molecule has 2 aromatic carbocycles. The number of hydrogen-bond donors (Lipinski definition) is 2. The molecule has 0 bridgehead atoms. The van der Waals surface area contributed by atoms with Crippen molar-refractivity contribution in [3.05, 3.63) is 47.5 Å². The zero-order valence-corrected chi connectivity index (χ0v) is 16.5. The van der Waals surface area contributed by atoms with Crippen molar-refractivity contribution < 1.29 is 27.5 Å². The summed E-state index contributed by atoms with van der Waals surface area (Å²) in [5.74, 6) is -0.791. The summed E-state index contributed by atoms with van der Waals surface area (Å²) in [5.41, 5.74) is 6.16. The maximum absolute atomic E-state index is 12.7. The number of alkyl halides is 3. The van der Waals surface area contributed by atoms with Crippen molar-refractivity contribution in [1.82, 2.24) is 4.90 Å². The number of piperidine rings is 1. The first-order valence-electron chi connectivity index (χ1n) is 9.17. The molecule has 1 aliphatic rings. The maximum atomic E-state index is 12.7. The molecule has 6 nitrogen and oxygen atoms in total. The highest BCUT2D eigenvalue weighted by Gasteiger charge is 2.33. The average molecular weight is 442 g/mol. The van der Waals surface area contributed by atoms with Crippen molar-refractivity contribution in [2.75, 3.05) is 11.9 Å². The molecule has 0 aromatic heterocycles. The van der Waals surface area contributed by atoms with E-state index in [-0.39, 0.29) is 16.3 Å². The second-order valence-electron chi connectivity index (χ2n) is 6.77. The molecule has 1 fully saturated rings. The van der Waals surface area contributed by atoms with E-state index in [0.29, 0.717) is 24.2 Å². The first kappa shape index (κ1) is 21.8. The van der Waals surface area contributed by atoms with Crippen LogP contribution in [0.25, 0.3) is 11.1 Å². The van der Waals surface area contributed by atoms with E-state index in [4.69, 9.17) is 17.3 Å². The van der Waals surface area contributed by atoms with Gasteiger partial charge >= 0.3 is 12.4 Å². The Bertz CT molecular complexity index is 952. The molecule has 10 heteroatoms. The van der Waals surface area contributed by atoms with Gasteiger partial charge in [-0.3, -0.25) is 4.79 Å². The third kappa shape index (κ3) is 5.15. The Hall–Kier alpha value is -2.94. The monoisotopic (exact) mass is 441 g/mol. The van der Waals surface area contributed by atoms with E-state index in [1.165, 1.54) is 41.3 Å². The van der Waals surface area contributed by atoms with Gasteiger partial charge in [0, 0.05) is 23.4 Å². The number of nitrogens with zero attached hydrogens (tertiary/aromatic N) is 1. The van der Waals surface area contributed by atoms with E-state index in [1.807, 2.05) is 0 Å². The summed E-state index contributed by atoms with van der Waals surface area (Å²) in [6.07, 6.45) is -2.80. The van der Waals surface area contributed by atoms with E-state index in [9.17, 15) is 22.8 Å². The van der Waals surface area contributed by atoms with Gasteiger partial charge in [-0.05, 0) is 37.5 Å². The molecule has 0 radical (unpaired) electrons. The SMILES string of the molecule is NC(=O)N1CCCCC1C(=O)Nc1ccc(-c2ccccc2OC(F)(F)F)c(Cl)c1. The van der Waals surface area contributed by atoms with Gasteiger partial charge < -0.3 is 20.7 Å². The number of carbonyl (C=O) groups excluding carboxylic acids is 2. The molecule has 0 aliphatic carbocycles. The van der Waals surface area contributed by atoms with Crippen LogP contribution in [0.2, 0.25) is 5.02 Å². The fraction of sp³-hybridized carbons (Fsp3) is 0.300. The van der Waals surface area contributed by atoms with E-state index in [1.54, 1.807) is 6.07 Å². The summed E-state index contributed by atoms with van der Waals surface area (Å²) >= 11 is 6.28. The predicted octanol–water partition coefficient (Wildman–Crippen LogP) is 4.78. The summed E-state index contributed by atoms with van der Waals surface area (Å²) in [7, 11) is 0. The lowest BCUT2D eigenvalue weighted by atomic mass is 10.0. The molecular weight excluding hydrogens is 423 g/mol.